The van der Waals surface area contributed by atoms with E-state index >= 15 is 0 Å². The molecule has 0 radical (unpaired) electrons. The fraction of sp³-hybridized carbons (Fsp3) is 0.643. The van der Waals surface area contributed by atoms with Crippen molar-refractivity contribution < 1.29 is 9.90 Å². The monoisotopic (exact) mass is 281 g/mol. The highest BCUT2D eigenvalue weighted by atomic mass is 16.3. The van der Waals surface area contributed by atoms with E-state index in [1.54, 1.807) is 0 Å². The van der Waals surface area contributed by atoms with Gasteiger partial charge in [0.1, 0.15) is 5.69 Å². The average molecular weight is 281 g/mol. The van der Waals surface area contributed by atoms with Crippen molar-refractivity contribution in [3.8, 4) is 0 Å². The summed E-state index contributed by atoms with van der Waals surface area (Å²) < 4.78 is 1.28. The Bertz CT molecular complexity index is 497. The van der Waals surface area contributed by atoms with Crippen molar-refractivity contribution in [1.82, 2.24) is 15.1 Å². The van der Waals surface area contributed by atoms with E-state index in [9.17, 15) is 14.7 Å². The Morgan fingerprint density at radius 2 is 2.15 bits per heavy atom. The van der Waals surface area contributed by atoms with Gasteiger partial charge in [-0.25, -0.2) is 4.68 Å². The molecule has 0 bridgehead atoms. The van der Waals surface area contributed by atoms with Crippen LogP contribution in [0.5, 0.6) is 0 Å². The molecule has 0 aliphatic carbocycles. The second-order valence-corrected chi connectivity index (χ2v) is 5.26. The number of nitrogens with zero attached hydrogens (tertiary/aromatic N) is 2. The maximum Gasteiger partial charge on any atom is 0.272 e. The number of hydrogen-bond acceptors (Lipinski definition) is 4. The number of carbonyl (C=O) groups is 1. The van der Waals surface area contributed by atoms with Gasteiger partial charge < -0.3 is 10.4 Å². The molecule has 20 heavy (non-hydrogen) atoms. The minimum atomic E-state index is -0.366. The average Bonchev–Trinajstić information content (AvgIpc) is 2.40. The lowest BCUT2D eigenvalue weighted by molar-refractivity contribution is 0.0900. The third-order valence-corrected chi connectivity index (χ3v) is 2.85. The second kappa shape index (κ2) is 7.79. The summed E-state index contributed by atoms with van der Waals surface area (Å²) in [6.07, 6.45) is 1.46. The van der Waals surface area contributed by atoms with Gasteiger partial charge in [-0.2, -0.15) is 5.10 Å². The Balaban J connectivity index is 2.81. The fourth-order valence-corrected chi connectivity index (χ4v) is 1.95. The molecular formula is C14H23N3O3. The number of rotatable bonds is 7. The van der Waals surface area contributed by atoms with Crippen molar-refractivity contribution in [1.29, 1.82) is 0 Å². The molecule has 112 valence electrons. The number of carbonyl (C=O) groups excluding carboxylic acids is 1. The molecule has 1 heterocycles. The van der Waals surface area contributed by atoms with E-state index in [-0.39, 0.29) is 29.8 Å². The van der Waals surface area contributed by atoms with Gasteiger partial charge in [0.15, 0.2) is 0 Å². The lowest BCUT2D eigenvalue weighted by Crippen LogP contribution is -2.39. The van der Waals surface area contributed by atoms with Crippen LogP contribution in [0.15, 0.2) is 16.9 Å². The van der Waals surface area contributed by atoms with E-state index in [0.29, 0.717) is 18.9 Å². The topological polar surface area (TPSA) is 84.2 Å². The number of aryl methyl sites for hydroxylation is 1. The van der Waals surface area contributed by atoms with Crippen LogP contribution in [-0.2, 0) is 6.54 Å². The summed E-state index contributed by atoms with van der Waals surface area (Å²) in [5.41, 5.74) is -0.0236. The zero-order valence-corrected chi connectivity index (χ0v) is 12.3. The molecule has 0 saturated carbocycles. The summed E-state index contributed by atoms with van der Waals surface area (Å²) in [6.45, 7) is 6.35. The molecule has 6 nitrogen and oxygen atoms in total. The maximum absolute atomic E-state index is 12.1. The molecule has 1 atom stereocenters. The molecule has 0 aliphatic heterocycles. The summed E-state index contributed by atoms with van der Waals surface area (Å²) in [5, 5.41) is 16.0. The number of hydrogen-bond donors (Lipinski definition) is 2. The van der Waals surface area contributed by atoms with Gasteiger partial charge in [0.25, 0.3) is 11.5 Å². The molecule has 0 saturated heterocycles. The molecule has 0 aromatic carbocycles. The molecule has 1 rings (SSSR count). The zero-order chi connectivity index (χ0) is 15.1. The van der Waals surface area contributed by atoms with Crippen molar-refractivity contribution in [2.24, 2.45) is 5.92 Å². The SMILES string of the molecule is CCCn1nc(C(=O)NC(CO)CC(C)C)ccc1=O. The number of aliphatic hydroxyl groups excluding tert-OH is 1. The highest BCUT2D eigenvalue weighted by Crippen LogP contribution is 2.05. The van der Waals surface area contributed by atoms with Gasteiger partial charge in [-0.1, -0.05) is 20.8 Å². The van der Waals surface area contributed by atoms with E-state index in [1.807, 2.05) is 20.8 Å². The van der Waals surface area contributed by atoms with Crippen molar-refractivity contribution in [2.45, 2.75) is 46.2 Å². The first-order valence-electron chi connectivity index (χ1n) is 6.97. The van der Waals surface area contributed by atoms with Crippen LogP contribution in [0.25, 0.3) is 0 Å². The van der Waals surface area contributed by atoms with Gasteiger partial charge in [-0.3, -0.25) is 9.59 Å². The lowest BCUT2D eigenvalue weighted by atomic mass is 10.0. The molecule has 1 aromatic heterocycles. The van der Waals surface area contributed by atoms with Crippen molar-refractivity contribution in [2.75, 3.05) is 6.61 Å². The number of aromatic nitrogens is 2. The van der Waals surface area contributed by atoms with Crippen molar-refractivity contribution in [3.05, 3.63) is 28.2 Å². The smallest absolute Gasteiger partial charge is 0.272 e. The maximum atomic E-state index is 12.1. The third kappa shape index (κ3) is 4.77. The van der Waals surface area contributed by atoms with Crippen LogP contribution in [0.2, 0.25) is 0 Å². The van der Waals surface area contributed by atoms with Crippen molar-refractivity contribution in [3.63, 3.8) is 0 Å². The van der Waals surface area contributed by atoms with Gasteiger partial charge in [-0.05, 0) is 24.8 Å². The van der Waals surface area contributed by atoms with Crippen LogP contribution in [0.1, 0.15) is 44.1 Å². The van der Waals surface area contributed by atoms with Gasteiger partial charge in [-0.15, -0.1) is 0 Å². The summed E-state index contributed by atoms with van der Waals surface area (Å²) in [5.74, 6) is 0.00371. The van der Waals surface area contributed by atoms with Crippen LogP contribution < -0.4 is 10.9 Å². The normalized spacial score (nSPS) is 12.4. The van der Waals surface area contributed by atoms with Crippen LogP contribution in [0.4, 0.5) is 0 Å². The van der Waals surface area contributed by atoms with Crippen LogP contribution in [-0.4, -0.2) is 33.4 Å². The van der Waals surface area contributed by atoms with Crippen LogP contribution in [0, 0.1) is 5.92 Å². The third-order valence-electron chi connectivity index (χ3n) is 2.85. The van der Waals surface area contributed by atoms with Crippen molar-refractivity contribution >= 4 is 5.91 Å². The summed E-state index contributed by atoms with van der Waals surface area (Å²) in [7, 11) is 0. The Labute approximate surface area is 118 Å². The molecule has 6 heteroatoms. The lowest BCUT2D eigenvalue weighted by Gasteiger charge is -2.18. The standard InChI is InChI=1S/C14H23N3O3/c1-4-7-17-13(19)6-5-12(16-17)14(20)15-11(9-18)8-10(2)3/h5-6,10-11,18H,4,7-9H2,1-3H3,(H,15,20). The Morgan fingerprint density at radius 1 is 1.45 bits per heavy atom. The minimum Gasteiger partial charge on any atom is -0.394 e. The first-order chi connectivity index (χ1) is 9.47. The van der Waals surface area contributed by atoms with Crippen LogP contribution >= 0.6 is 0 Å². The van der Waals surface area contributed by atoms with E-state index < -0.39 is 0 Å². The van der Waals surface area contributed by atoms with E-state index in [2.05, 4.69) is 10.4 Å². The molecule has 2 N–H and O–H groups in total. The minimum absolute atomic E-state index is 0.113. The molecule has 1 unspecified atom stereocenters. The van der Waals surface area contributed by atoms with Gasteiger partial charge in [0.2, 0.25) is 0 Å². The summed E-state index contributed by atoms with van der Waals surface area (Å²) in [6, 6.07) is 2.46. The largest absolute Gasteiger partial charge is 0.394 e. The molecule has 0 spiro atoms. The first-order valence-corrected chi connectivity index (χ1v) is 6.97. The number of aliphatic hydroxyl groups is 1. The summed E-state index contributed by atoms with van der Waals surface area (Å²) in [4.78, 5) is 23.6. The van der Waals surface area contributed by atoms with Gasteiger partial charge in [0, 0.05) is 12.6 Å². The fourth-order valence-electron chi connectivity index (χ4n) is 1.95. The Kier molecular flexibility index (Phi) is 6.38. The van der Waals surface area contributed by atoms with Gasteiger partial charge >= 0.3 is 0 Å². The van der Waals surface area contributed by atoms with E-state index in [0.717, 1.165) is 6.42 Å². The predicted molar refractivity (Wildman–Crippen MR) is 76.6 cm³/mol. The molecule has 1 amide bonds. The second-order valence-electron chi connectivity index (χ2n) is 5.26. The molecule has 0 aliphatic rings. The molecule has 1 aromatic rings. The summed E-state index contributed by atoms with van der Waals surface area (Å²) >= 11 is 0. The Morgan fingerprint density at radius 3 is 2.70 bits per heavy atom. The molecular weight excluding hydrogens is 258 g/mol. The van der Waals surface area contributed by atoms with E-state index in [1.165, 1.54) is 16.8 Å². The first kappa shape index (κ1) is 16.4. The quantitative estimate of drug-likeness (QED) is 0.774. The highest BCUT2D eigenvalue weighted by Gasteiger charge is 2.16. The van der Waals surface area contributed by atoms with Gasteiger partial charge in [0.05, 0.1) is 12.6 Å². The number of amides is 1. The Hall–Kier alpha value is -1.69. The predicted octanol–water partition coefficient (Wildman–Crippen LogP) is 0.790. The molecule has 0 fully saturated rings. The highest BCUT2D eigenvalue weighted by molar-refractivity contribution is 5.92. The van der Waals surface area contributed by atoms with E-state index in [4.69, 9.17) is 0 Å². The number of nitrogens with one attached hydrogen (secondary N) is 1. The zero-order valence-electron chi connectivity index (χ0n) is 12.3. The van der Waals surface area contributed by atoms with Crippen LogP contribution in [0.3, 0.4) is 0 Å².